The van der Waals surface area contributed by atoms with Crippen molar-refractivity contribution in [3.63, 3.8) is 0 Å². The molecular formula is C27H24N4O2. The van der Waals surface area contributed by atoms with E-state index in [1.165, 1.54) is 0 Å². The van der Waals surface area contributed by atoms with Crippen molar-refractivity contribution in [3.05, 3.63) is 102 Å². The van der Waals surface area contributed by atoms with Crippen molar-refractivity contribution in [2.75, 3.05) is 5.73 Å². The number of aromatic nitrogens is 3. The normalized spacial score (nSPS) is 10.9. The molecule has 6 heteroatoms. The van der Waals surface area contributed by atoms with Crippen molar-refractivity contribution in [1.29, 1.82) is 0 Å². The van der Waals surface area contributed by atoms with E-state index in [0.29, 0.717) is 30.7 Å². The van der Waals surface area contributed by atoms with Gasteiger partial charge in [-0.2, -0.15) is 10.1 Å². The van der Waals surface area contributed by atoms with E-state index in [2.05, 4.69) is 0 Å². The van der Waals surface area contributed by atoms with Gasteiger partial charge in [-0.3, -0.25) is 4.68 Å². The van der Waals surface area contributed by atoms with E-state index in [9.17, 15) is 0 Å². The number of ether oxygens (including phenoxy) is 2. The lowest BCUT2D eigenvalue weighted by atomic mass is 10.1. The molecule has 2 aromatic heterocycles. The number of anilines is 1. The van der Waals surface area contributed by atoms with Gasteiger partial charge in [0.2, 0.25) is 11.8 Å². The van der Waals surface area contributed by atoms with Gasteiger partial charge in [0.15, 0.2) is 0 Å². The molecule has 0 aliphatic heterocycles. The number of nitrogen functional groups attached to an aromatic ring is 1. The molecule has 3 aromatic carbocycles. The van der Waals surface area contributed by atoms with Gasteiger partial charge in [-0.05, 0) is 35.4 Å². The molecule has 2 heterocycles. The molecule has 0 unspecified atom stereocenters. The summed E-state index contributed by atoms with van der Waals surface area (Å²) in [6.45, 7) is 0.817. The molecule has 0 atom stereocenters. The van der Waals surface area contributed by atoms with Crippen LogP contribution in [-0.4, -0.2) is 14.8 Å². The number of fused-ring (bicyclic) bond motifs is 1. The highest BCUT2D eigenvalue weighted by Gasteiger charge is 2.18. The smallest absolute Gasteiger partial charge is 0.226 e. The van der Waals surface area contributed by atoms with Gasteiger partial charge in [0, 0.05) is 24.2 Å². The van der Waals surface area contributed by atoms with E-state index in [0.717, 1.165) is 33.3 Å². The van der Waals surface area contributed by atoms with Crippen molar-refractivity contribution in [1.82, 2.24) is 14.8 Å². The number of rotatable bonds is 7. The molecular weight excluding hydrogens is 412 g/mol. The summed E-state index contributed by atoms with van der Waals surface area (Å²) in [6, 6.07) is 29.6. The summed E-state index contributed by atoms with van der Waals surface area (Å²) in [7, 11) is 1.90. The minimum absolute atomic E-state index is 0.390. The molecule has 0 aliphatic carbocycles. The Bertz CT molecular complexity index is 1380. The van der Waals surface area contributed by atoms with Crippen molar-refractivity contribution in [2.45, 2.75) is 13.2 Å². The summed E-state index contributed by atoms with van der Waals surface area (Å²) in [5, 5.41) is 5.72. The fourth-order valence-corrected chi connectivity index (χ4v) is 3.72. The summed E-state index contributed by atoms with van der Waals surface area (Å²) in [4.78, 5) is 4.69. The van der Waals surface area contributed by atoms with Crippen LogP contribution < -0.4 is 15.2 Å². The molecule has 0 spiro atoms. The minimum atomic E-state index is 0.390. The molecule has 6 nitrogen and oxygen atoms in total. The number of pyridine rings is 1. The number of nitrogens with zero attached hydrogens (tertiary/aromatic N) is 3. The zero-order valence-corrected chi connectivity index (χ0v) is 18.3. The standard InChI is InChI=1S/C27H24N4O2/c1-31-24-16-21(28)12-13-22(24)26(30-31)23-14-15-25(32-17-19-8-4-2-5-9-19)29-27(23)33-18-20-10-6-3-7-11-20/h2-16H,17-18,28H2,1H3. The summed E-state index contributed by atoms with van der Waals surface area (Å²) in [5.74, 6) is 0.969. The number of nitrogens with two attached hydrogens (primary N) is 1. The van der Waals surface area contributed by atoms with E-state index < -0.39 is 0 Å². The average Bonchev–Trinajstić information content (AvgIpc) is 3.18. The van der Waals surface area contributed by atoms with Gasteiger partial charge in [0.25, 0.3) is 0 Å². The highest BCUT2D eigenvalue weighted by molar-refractivity contribution is 5.95. The lowest BCUT2D eigenvalue weighted by Crippen LogP contribution is -2.02. The quantitative estimate of drug-likeness (QED) is 0.347. The van der Waals surface area contributed by atoms with Crippen LogP contribution in [0.2, 0.25) is 0 Å². The third kappa shape index (κ3) is 4.50. The van der Waals surface area contributed by atoms with Crippen LogP contribution in [0.4, 0.5) is 5.69 Å². The van der Waals surface area contributed by atoms with Crippen LogP contribution in [0.25, 0.3) is 22.2 Å². The van der Waals surface area contributed by atoms with Crippen LogP contribution in [0.5, 0.6) is 11.8 Å². The van der Waals surface area contributed by atoms with Crippen LogP contribution in [0.15, 0.2) is 91.0 Å². The van der Waals surface area contributed by atoms with Gasteiger partial charge in [-0.15, -0.1) is 0 Å². The molecule has 0 amide bonds. The second kappa shape index (κ2) is 9.04. The van der Waals surface area contributed by atoms with Crippen LogP contribution in [0.3, 0.4) is 0 Å². The Morgan fingerprint density at radius 3 is 2.15 bits per heavy atom. The molecule has 0 bridgehead atoms. The van der Waals surface area contributed by atoms with E-state index in [4.69, 9.17) is 25.3 Å². The summed E-state index contributed by atoms with van der Waals surface area (Å²) < 4.78 is 14.0. The van der Waals surface area contributed by atoms with Crippen LogP contribution in [0.1, 0.15) is 11.1 Å². The van der Waals surface area contributed by atoms with Gasteiger partial charge < -0.3 is 15.2 Å². The lowest BCUT2D eigenvalue weighted by molar-refractivity contribution is 0.268. The number of hydrogen-bond acceptors (Lipinski definition) is 5. The second-order valence-corrected chi connectivity index (χ2v) is 7.80. The SMILES string of the molecule is Cn1nc(-c2ccc(OCc3ccccc3)nc2OCc2ccccc2)c2ccc(N)cc21. The molecule has 0 saturated carbocycles. The van der Waals surface area contributed by atoms with Gasteiger partial charge in [-0.1, -0.05) is 60.7 Å². The Morgan fingerprint density at radius 1 is 0.788 bits per heavy atom. The first-order valence-corrected chi connectivity index (χ1v) is 10.7. The molecule has 5 aromatic rings. The highest BCUT2D eigenvalue weighted by atomic mass is 16.5. The van der Waals surface area contributed by atoms with Gasteiger partial charge >= 0.3 is 0 Å². The topological polar surface area (TPSA) is 75.2 Å². The lowest BCUT2D eigenvalue weighted by Gasteiger charge is -2.12. The largest absolute Gasteiger partial charge is 0.473 e. The first kappa shape index (κ1) is 20.6. The molecule has 33 heavy (non-hydrogen) atoms. The molecule has 164 valence electrons. The van der Waals surface area contributed by atoms with Crippen LogP contribution in [0, 0.1) is 0 Å². The molecule has 0 aliphatic rings. The van der Waals surface area contributed by atoms with Gasteiger partial charge in [0.05, 0.1) is 11.1 Å². The fraction of sp³-hybridized carbons (Fsp3) is 0.111. The average molecular weight is 437 g/mol. The Hall–Kier alpha value is -4.32. The fourth-order valence-electron chi connectivity index (χ4n) is 3.72. The third-order valence-electron chi connectivity index (χ3n) is 5.41. The highest BCUT2D eigenvalue weighted by Crippen LogP contribution is 2.35. The van der Waals surface area contributed by atoms with E-state index in [-0.39, 0.29) is 0 Å². The summed E-state index contributed by atoms with van der Waals surface area (Å²) >= 11 is 0. The summed E-state index contributed by atoms with van der Waals surface area (Å²) in [6.07, 6.45) is 0. The van der Waals surface area contributed by atoms with E-state index in [1.807, 2.05) is 103 Å². The van der Waals surface area contributed by atoms with Crippen molar-refractivity contribution in [2.24, 2.45) is 7.05 Å². The number of aryl methyl sites for hydroxylation is 1. The maximum absolute atomic E-state index is 6.19. The number of benzene rings is 3. The molecule has 0 fully saturated rings. The first-order valence-electron chi connectivity index (χ1n) is 10.7. The molecule has 0 radical (unpaired) electrons. The van der Waals surface area contributed by atoms with E-state index in [1.54, 1.807) is 0 Å². The predicted octanol–water partition coefficient (Wildman–Crippen LogP) is 5.38. The molecule has 5 rings (SSSR count). The van der Waals surface area contributed by atoms with Crippen molar-refractivity contribution in [3.8, 4) is 23.0 Å². The summed E-state index contributed by atoms with van der Waals surface area (Å²) in [5.41, 5.74) is 11.3. The van der Waals surface area contributed by atoms with Crippen LogP contribution >= 0.6 is 0 Å². The van der Waals surface area contributed by atoms with Crippen LogP contribution in [-0.2, 0) is 20.3 Å². The second-order valence-electron chi connectivity index (χ2n) is 7.80. The monoisotopic (exact) mass is 436 g/mol. The predicted molar refractivity (Wildman–Crippen MR) is 130 cm³/mol. The van der Waals surface area contributed by atoms with E-state index >= 15 is 0 Å². The Labute approximate surface area is 192 Å². The zero-order chi connectivity index (χ0) is 22.6. The Morgan fingerprint density at radius 2 is 1.45 bits per heavy atom. The third-order valence-corrected chi connectivity index (χ3v) is 5.41. The molecule has 0 saturated heterocycles. The Kier molecular flexibility index (Phi) is 5.64. The minimum Gasteiger partial charge on any atom is -0.473 e. The van der Waals surface area contributed by atoms with Gasteiger partial charge in [0.1, 0.15) is 18.9 Å². The first-order chi connectivity index (χ1) is 16.2. The van der Waals surface area contributed by atoms with Gasteiger partial charge in [-0.25, -0.2) is 0 Å². The Balaban J connectivity index is 1.51. The number of hydrogen-bond donors (Lipinski definition) is 1. The maximum atomic E-state index is 6.19. The molecule has 2 N–H and O–H groups in total. The zero-order valence-electron chi connectivity index (χ0n) is 18.3. The van der Waals surface area contributed by atoms with Crippen molar-refractivity contribution < 1.29 is 9.47 Å². The maximum Gasteiger partial charge on any atom is 0.226 e. The van der Waals surface area contributed by atoms with Crippen molar-refractivity contribution >= 4 is 16.6 Å².